The van der Waals surface area contributed by atoms with Crippen LogP contribution in [0.4, 0.5) is 0 Å². The van der Waals surface area contributed by atoms with Crippen molar-refractivity contribution in [1.82, 2.24) is 5.32 Å². The summed E-state index contributed by atoms with van der Waals surface area (Å²) < 4.78 is 4.96. The zero-order chi connectivity index (χ0) is 11.8. The van der Waals surface area contributed by atoms with E-state index in [9.17, 15) is 4.79 Å². The molecular formula is C13H23NO2. The molecule has 0 aromatic rings. The van der Waals surface area contributed by atoms with Crippen molar-refractivity contribution in [2.45, 2.75) is 33.1 Å². The van der Waals surface area contributed by atoms with E-state index in [1.807, 2.05) is 0 Å². The molecular weight excluding hydrogens is 202 g/mol. The van der Waals surface area contributed by atoms with Crippen molar-refractivity contribution in [3.8, 4) is 0 Å². The summed E-state index contributed by atoms with van der Waals surface area (Å²) in [7, 11) is 1.50. The third kappa shape index (κ3) is 1.75. The predicted octanol–water partition coefficient (Wildman–Crippen LogP) is 1.82. The lowest BCUT2D eigenvalue weighted by Crippen LogP contribution is -2.44. The van der Waals surface area contributed by atoms with Crippen LogP contribution in [0.1, 0.15) is 33.1 Å². The Bertz CT molecular complexity index is 279. The smallest absolute Gasteiger partial charge is 0.310 e. The summed E-state index contributed by atoms with van der Waals surface area (Å²) in [6, 6.07) is 0. The van der Waals surface area contributed by atoms with Gasteiger partial charge in [0.1, 0.15) is 0 Å². The predicted molar refractivity (Wildman–Crippen MR) is 63.0 cm³/mol. The molecule has 4 unspecified atom stereocenters. The Hall–Kier alpha value is -0.570. The molecule has 2 rings (SSSR count). The second-order valence-corrected chi connectivity index (χ2v) is 5.72. The zero-order valence-corrected chi connectivity index (χ0v) is 10.6. The number of carbonyl (C=O) groups excluding carboxylic acids is 1. The molecule has 1 aliphatic carbocycles. The lowest BCUT2D eigenvalue weighted by atomic mass is 9.60. The number of methoxy groups -OCH3 is 1. The molecule has 2 fully saturated rings. The van der Waals surface area contributed by atoms with Crippen molar-refractivity contribution in [3.63, 3.8) is 0 Å². The summed E-state index contributed by atoms with van der Waals surface area (Å²) in [5.41, 5.74) is 0.166. The largest absolute Gasteiger partial charge is 0.469 e. The standard InChI is InChI=1S/C13H23NO2/c1-9-4-5-13(10(2)6-9)8-14-7-11(13)12(15)16-3/h9-11,14H,4-8H2,1-3H3. The van der Waals surface area contributed by atoms with E-state index < -0.39 is 0 Å². The van der Waals surface area contributed by atoms with Gasteiger partial charge in [0.2, 0.25) is 0 Å². The maximum atomic E-state index is 11.9. The SMILES string of the molecule is COC(=O)C1CNCC12CCC(C)CC2C. The van der Waals surface area contributed by atoms with Crippen LogP contribution in [0.25, 0.3) is 0 Å². The van der Waals surface area contributed by atoms with Crippen LogP contribution in [0, 0.1) is 23.2 Å². The first kappa shape index (κ1) is 11.9. The summed E-state index contributed by atoms with van der Waals surface area (Å²) in [6.07, 6.45) is 3.66. The van der Waals surface area contributed by atoms with Crippen molar-refractivity contribution in [3.05, 3.63) is 0 Å². The van der Waals surface area contributed by atoms with Gasteiger partial charge in [-0.05, 0) is 30.1 Å². The van der Waals surface area contributed by atoms with Gasteiger partial charge in [-0.15, -0.1) is 0 Å². The molecule has 16 heavy (non-hydrogen) atoms. The fourth-order valence-electron chi connectivity index (χ4n) is 3.73. The monoisotopic (exact) mass is 225 g/mol. The fourth-order valence-corrected chi connectivity index (χ4v) is 3.73. The molecule has 0 radical (unpaired) electrons. The maximum Gasteiger partial charge on any atom is 0.310 e. The molecule has 92 valence electrons. The summed E-state index contributed by atoms with van der Waals surface area (Å²) in [5.74, 6) is 1.47. The van der Waals surface area contributed by atoms with Crippen LogP contribution < -0.4 is 5.32 Å². The van der Waals surface area contributed by atoms with Gasteiger partial charge in [-0.25, -0.2) is 0 Å². The van der Waals surface area contributed by atoms with Crippen LogP contribution in [-0.4, -0.2) is 26.2 Å². The maximum absolute atomic E-state index is 11.9. The van der Waals surface area contributed by atoms with Crippen LogP contribution in [-0.2, 0) is 9.53 Å². The highest BCUT2D eigenvalue weighted by atomic mass is 16.5. The molecule has 1 aliphatic heterocycles. The number of hydrogen-bond acceptors (Lipinski definition) is 3. The van der Waals surface area contributed by atoms with Crippen LogP contribution in [0.15, 0.2) is 0 Å². The molecule has 2 aliphatic rings. The van der Waals surface area contributed by atoms with Crippen LogP contribution in [0.3, 0.4) is 0 Å². The summed E-state index contributed by atoms with van der Waals surface area (Å²) in [4.78, 5) is 11.9. The van der Waals surface area contributed by atoms with E-state index in [2.05, 4.69) is 19.2 Å². The van der Waals surface area contributed by atoms with Gasteiger partial charge in [0.05, 0.1) is 13.0 Å². The molecule has 3 heteroatoms. The quantitative estimate of drug-likeness (QED) is 0.692. The Morgan fingerprint density at radius 3 is 2.81 bits per heavy atom. The number of nitrogens with one attached hydrogen (secondary N) is 1. The first-order valence-corrected chi connectivity index (χ1v) is 6.38. The summed E-state index contributed by atoms with van der Waals surface area (Å²) >= 11 is 0. The molecule has 3 nitrogen and oxygen atoms in total. The third-order valence-corrected chi connectivity index (χ3v) is 4.82. The van der Waals surface area contributed by atoms with Crippen molar-refractivity contribution in [1.29, 1.82) is 0 Å². The molecule has 0 aromatic heterocycles. The highest BCUT2D eigenvalue weighted by Crippen LogP contribution is 2.50. The minimum atomic E-state index is -0.0218. The fraction of sp³-hybridized carbons (Fsp3) is 0.923. The normalized spacial score (nSPS) is 43.6. The number of esters is 1. The highest BCUT2D eigenvalue weighted by molar-refractivity contribution is 5.74. The molecule has 0 bridgehead atoms. The van der Waals surface area contributed by atoms with E-state index in [4.69, 9.17) is 4.74 Å². The van der Waals surface area contributed by atoms with Crippen molar-refractivity contribution in [2.24, 2.45) is 23.2 Å². The van der Waals surface area contributed by atoms with Gasteiger partial charge >= 0.3 is 5.97 Å². The van der Waals surface area contributed by atoms with E-state index >= 15 is 0 Å². The van der Waals surface area contributed by atoms with Gasteiger partial charge in [-0.2, -0.15) is 0 Å². The van der Waals surface area contributed by atoms with E-state index in [-0.39, 0.29) is 17.3 Å². The number of carbonyl (C=O) groups is 1. The number of rotatable bonds is 1. The van der Waals surface area contributed by atoms with Crippen molar-refractivity contribution in [2.75, 3.05) is 20.2 Å². The Morgan fingerprint density at radius 1 is 1.44 bits per heavy atom. The lowest BCUT2D eigenvalue weighted by molar-refractivity contribution is -0.151. The Labute approximate surface area is 97.9 Å². The van der Waals surface area contributed by atoms with Crippen LogP contribution >= 0.6 is 0 Å². The molecule has 0 aromatic carbocycles. The second-order valence-electron chi connectivity index (χ2n) is 5.72. The molecule has 1 saturated heterocycles. The minimum absolute atomic E-state index is 0.0218. The first-order valence-electron chi connectivity index (χ1n) is 6.38. The molecule has 1 saturated carbocycles. The Morgan fingerprint density at radius 2 is 2.19 bits per heavy atom. The molecule has 1 spiro atoms. The molecule has 4 atom stereocenters. The lowest BCUT2D eigenvalue weighted by Gasteiger charge is -2.44. The van der Waals surface area contributed by atoms with Crippen LogP contribution in [0.5, 0.6) is 0 Å². The van der Waals surface area contributed by atoms with Gasteiger partial charge < -0.3 is 10.1 Å². The van der Waals surface area contributed by atoms with Gasteiger partial charge in [-0.3, -0.25) is 4.79 Å². The van der Waals surface area contributed by atoms with E-state index in [1.54, 1.807) is 0 Å². The van der Waals surface area contributed by atoms with Gasteiger partial charge in [-0.1, -0.05) is 20.3 Å². The number of ether oxygens (including phenoxy) is 1. The molecule has 1 N–H and O–H groups in total. The third-order valence-electron chi connectivity index (χ3n) is 4.82. The average molecular weight is 225 g/mol. The van der Waals surface area contributed by atoms with Crippen molar-refractivity contribution >= 4 is 5.97 Å². The molecule has 1 heterocycles. The first-order chi connectivity index (χ1) is 7.60. The summed E-state index contributed by atoms with van der Waals surface area (Å²) in [6.45, 7) is 6.41. The summed E-state index contributed by atoms with van der Waals surface area (Å²) in [5, 5.41) is 3.39. The Balaban J connectivity index is 2.19. The topological polar surface area (TPSA) is 38.3 Å². The highest BCUT2D eigenvalue weighted by Gasteiger charge is 2.52. The van der Waals surface area contributed by atoms with E-state index in [0.29, 0.717) is 5.92 Å². The van der Waals surface area contributed by atoms with Gasteiger partial charge in [0, 0.05) is 13.1 Å². The zero-order valence-electron chi connectivity index (χ0n) is 10.6. The van der Waals surface area contributed by atoms with Gasteiger partial charge in [0.15, 0.2) is 0 Å². The average Bonchev–Trinajstić information content (AvgIpc) is 2.68. The minimum Gasteiger partial charge on any atom is -0.469 e. The van der Waals surface area contributed by atoms with Crippen LogP contribution in [0.2, 0.25) is 0 Å². The Kier molecular flexibility index (Phi) is 3.24. The number of hydrogen-bond donors (Lipinski definition) is 1. The van der Waals surface area contributed by atoms with E-state index in [1.165, 1.54) is 26.4 Å². The van der Waals surface area contributed by atoms with E-state index in [0.717, 1.165) is 19.0 Å². The van der Waals surface area contributed by atoms with Gasteiger partial charge in [0.25, 0.3) is 0 Å². The molecule has 0 amide bonds. The van der Waals surface area contributed by atoms with Crippen molar-refractivity contribution < 1.29 is 9.53 Å². The second kappa shape index (κ2) is 4.36.